The molecule has 4 aromatic rings. The third-order valence-electron chi connectivity index (χ3n) is 4.70. The zero-order valence-electron chi connectivity index (χ0n) is 13.4. The fourth-order valence-electron chi connectivity index (χ4n) is 3.24. The molecule has 0 aromatic heterocycles. The van der Waals surface area contributed by atoms with Crippen molar-refractivity contribution in [2.24, 2.45) is 11.5 Å². The summed E-state index contributed by atoms with van der Waals surface area (Å²) >= 11 is 0. The van der Waals surface area contributed by atoms with E-state index in [2.05, 4.69) is 60.7 Å². The second-order valence-electron chi connectivity index (χ2n) is 6.26. The van der Waals surface area contributed by atoms with Gasteiger partial charge in [0.25, 0.3) is 0 Å². The molecule has 0 bridgehead atoms. The smallest absolute Gasteiger partial charge is 0.0491 e. The number of hydrogen-bond acceptors (Lipinski definition) is 2. The molecule has 0 spiro atoms. The molecule has 0 fully saturated rings. The van der Waals surface area contributed by atoms with Gasteiger partial charge >= 0.3 is 0 Å². The quantitative estimate of drug-likeness (QED) is 0.576. The Hall–Kier alpha value is -2.68. The summed E-state index contributed by atoms with van der Waals surface area (Å²) in [5, 5.41) is 4.81. The Morgan fingerprint density at radius 3 is 1.25 bits per heavy atom. The van der Waals surface area contributed by atoms with Gasteiger partial charge in [-0.3, -0.25) is 0 Å². The van der Waals surface area contributed by atoms with Gasteiger partial charge in [0, 0.05) is 12.1 Å². The summed E-state index contributed by atoms with van der Waals surface area (Å²) in [6.07, 6.45) is 0. The van der Waals surface area contributed by atoms with Crippen LogP contribution in [-0.2, 0) is 0 Å². The van der Waals surface area contributed by atoms with Gasteiger partial charge in [0.2, 0.25) is 0 Å². The maximum atomic E-state index is 6.48. The summed E-state index contributed by atoms with van der Waals surface area (Å²) in [5.41, 5.74) is 15.1. The number of benzene rings is 4. The molecule has 0 saturated carbocycles. The highest BCUT2D eigenvalue weighted by Crippen LogP contribution is 2.29. The van der Waals surface area contributed by atoms with Gasteiger partial charge in [-0.1, -0.05) is 72.8 Å². The summed E-state index contributed by atoms with van der Waals surface area (Å²) in [4.78, 5) is 0. The largest absolute Gasteiger partial charge is 0.322 e. The molecule has 2 nitrogen and oxygen atoms in total. The second-order valence-corrected chi connectivity index (χ2v) is 6.26. The fourth-order valence-corrected chi connectivity index (χ4v) is 3.24. The van der Waals surface area contributed by atoms with Crippen LogP contribution in [-0.4, -0.2) is 0 Å². The van der Waals surface area contributed by atoms with Gasteiger partial charge in [0.15, 0.2) is 0 Å². The Morgan fingerprint density at radius 1 is 0.458 bits per heavy atom. The number of rotatable bonds is 3. The normalized spacial score (nSPS) is 13.9. The molecule has 2 heteroatoms. The summed E-state index contributed by atoms with van der Waals surface area (Å²) in [6, 6.07) is 28.8. The van der Waals surface area contributed by atoms with Crippen LogP contribution in [0, 0.1) is 0 Å². The van der Waals surface area contributed by atoms with Crippen LogP contribution in [0.3, 0.4) is 0 Å². The molecule has 4 N–H and O–H groups in total. The predicted octanol–water partition coefficient (Wildman–Crippen LogP) is 4.69. The molecule has 0 aliphatic heterocycles. The Kier molecular flexibility index (Phi) is 3.77. The van der Waals surface area contributed by atoms with Crippen molar-refractivity contribution in [3.63, 3.8) is 0 Å². The topological polar surface area (TPSA) is 52.0 Å². The zero-order chi connectivity index (χ0) is 16.5. The molecule has 4 aromatic carbocycles. The molecular weight excluding hydrogens is 292 g/mol. The van der Waals surface area contributed by atoms with Gasteiger partial charge in [0.1, 0.15) is 0 Å². The molecule has 24 heavy (non-hydrogen) atoms. The highest BCUT2D eigenvalue weighted by atomic mass is 14.8. The van der Waals surface area contributed by atoms with Crippen LogP contribution >= 0.6 is 0 Å². The van der Waals surface area contributed by atoms with E-state index < -0.39 is 0 Å². The lowest BCUT2D eigenvalue weighted by Crippen LogP contribution is -2.26. The van der Waals surface area contributed by atoms with Gasteiger partial charge in [-0.25, -0.2) is 0 Å². The third kappa shape index (κ3) is 2.67. The van der Waals surface area contributed by atoms with Gasteiger partial charge in [-0.15, -0.1) is 0 Å². The van der Waals surface area contributed by atoms with Crippen molar-refractivity contribution in [2.45, 2.75) is 12.1 Å². The van der Waals surface area contributed by atoms with Crippen LogP contribution in [0.15, 0.2) is 84.9 Å². The lowest BCUT2D eigenvalue weighted by atomic mass is 9.92. The van der Waals surface area contributed by atoms with Gasteiger partial charge in [-0.2, -0.15) is 0 Å². The van der Waals surface area contributed by atoms with Crippen LogP contribution in [0.1, 0.15) is 23.2 Å². The summed E-state index contributed by atoms with van der Waals surface area (Å²) < 4.78 is 0. The minimum Gasteiger partial charge on any atom is -0.322 e. The average molecular weight is 312 g/mol. The number of fused-ring (bicyclic) bond motifs is 2. The highest BCUT2D eigenvalue weighted by Gasteiger charge is 2.18. The van der Waals surface area contributed by atoms with Crippen LogP contribution in [0.5, 0.6) is 0 Å². The van der Waals surface area contributed by atoms with Crippen molar-refractivity contribution < 1.29 is 0 Å². The van der Waals surface area contributed by atoms with E-state index in [0.717, 1.165) is 11.1 Å². The first kappa shape index (κ1) is 14.9. The lowest BCUT2D eigenvalue weighted by molar-refractivity contribution is 0.575. The average Bonchev–Trinajstić information content (AvgIpc) is 2.66. The van der Waals surface area contributed by atoms with E-state index in [1.54, 1.807) is 0 Å². The Morgan fingerprint density at radius 2 is 0.833 bits per heavy atom. The summed E-state index contributed by atoms with van der Waals surface area (Å²) in [6.45, 7) is 0. The van der Waals surface area contributed by atoms with E-state index in [9.17, 15) is 0 Å². The van der Waals surface area contributed by atoms with Crippen LogP contribution in [0.2, 0.25) is 0 Å². The summed E-state index contributed by atoms with van der Waals surface area (Å²) in [7, 11) is 0. The molecule has 0 heterocycles. The third-order valence-corrected chi connectivity index (χ3v) is 4.70. The molecule has 0 saturated heterocycles. The molecule has 0 aliphatic carbocycles. The lowest BCUT2D eigenvalue weighted by Gasteiger charge is -2.21. The van der Waals surface area contributed by atoms with Crippen molar-refractivity contribution in [1.82, 2.24) is 0 Å². The SMILES string of the molecule is N[C@H](c1ccc2ccccc2c1)[C@@H](N)c1ccc2ccccc2c1. The Bertz CT molecular complexity index is 923. The predicted molar refractivity (Wildman–Crippen MR) is 102 cm³/mol. The van der Waals surface area contributed by atoms with Gasteiger partial charge in [-0.05, 0) is 44.8 Å². The molecule has 0 unspecified atom stereocenters. The highest BCUT2D eigenvalue weighted by molar-refractivity contribution is 5.84. The number of hydrogen-bond donors (Lipinski definition) is 2. The fraction of sp³-hybridized carbons (Fsp3) is 0.0909. The van der Waals surface area contributed by atoms with Crippen molar-refractivity contribution >= 4 is 21.5 Å². The standard InChI is InChI=1S/C22H20N2/c23-21(19-11-9-15-5-1-3-7-17(15)13-19)22(24)20-12-10-16-6-2-4-8-18(16)14-20/h1-14,21-22H,23-24H2/t21-,22+. The number of nitrogens with two attached hydrogens (primary N) is 2. The molecule has 2 atom stereocenters. The molecule has 0 radical (unpaired) electrons. The van der Waals surface area contributed by atoms with Crippen LogP contribution in [0.4, 0.5) is 0 Å². The van der Waals surface area contributed by atoms with Crippen molar-refractivity contribution in [1.29, 1.82) is 0 Å². The van der Waals surface area contributed by atoms with E-state index in [-0.39, 0.29) is 12.1 Å². The molecular formula is C22H20N2. The Balaban J connectivity index is 1.69. The maximum absolute atomic E-state index is 6.48. The minimum absolute atomic E-state index is 0.240. The van der Waals surface area contributed by atoms with Crippen molar-refractivity contribution in [2.75, 3.05) is 0 Å². The van der Waals surface area contributed by atoms with E-state index in [1.807, 2.05) is 24.3 Å². The van der Waals surface area contributed by atoms with Crippen molar-refractivity contribution in [3.05, 3.63) is 96.1 Å². The first-order valence-electron chi connectivity index (χ1n) is 8.21. The molecule has 0 aliphatic rings. The van der Waals surface area contributed by atoms with Crippen molar-refractivity contribution in [3.8, 4) is 0 Å². The Labute approximate surface area is 141 Å². The summed E-state index contributed by atoms with van der Waals surface area (Å²) in [5.74, 6) is 0. The zero-order valence-corrected chi connectivity index (χ0v) is 13.4. The minimum atomic E-state index is -0.240. The monoisotopic (exact) mass is 312 g/mol. The van der Waals surface area contributed by atoms with Gasteiger partial charge < -0.3 is 11.5 Å². The van der Waals surface area contributed by atoms with Gasteiger partial charge in [0.05, 0.1) is 0 Å². The van der Waals surface area contributed by atoms with Crippen LogP contribution < -0.4 is 11.5 Å². The first-order valence-corrected chi connectivity index (χ1v) is 8.21. The molecule has 4 rings (SSSR count). The molecule has 0 amide bonds. The first-order chi connectivity index (χ1) is 11.7. The van der Waals surface area contributed by atoms with E-state index in [1.165, 1.54) is 21.5 Å². The van der Waals surface area contributed by atoms with E-state index in [4.69, 9.17) is 11.5 Å². The molecule has 118 valence electrons. The maximum Gasteiger partial charge on any atom is 0.0491 e. The second kappa shape index (κ2) is 6.08. The van der Waals surface area contributed by atoms with E-state index >= 15 is 0 Å². The van der Waals surface area contributed by atoms with Crippen LogP contribution in [0.25, 0.3) is 21.5 Å². The van der Waals surface area contributed by atoms with E-state index in [0.29, 0.717) is 0 Å².